The predicted molar refractivity (Wildman–Crippen MR) is 69.1 cm³/mol. The van der Waals surface area contributed by atoms with Crippen LogP contribution in [0.2, 0.25) is 0 Å². The molecule has 5 nitrogen and oxygen atoms in total. The number of benzene rings is 1. The SMILES string of the molecule is NC(N)=NN=Cc1ccccc1OCCBr. The smallest absolute Gasteiger partial charge is 0.211 e. The van der Waals surface area contributed by atoms with Crippen molar-refractivity contribution in [1.29, 1.82) is 0 Å². The van der Waals surface area contributed by atoms with Crippen LogP contribution >= 0.6 is 15.9 Å². The Labute approximate surface area is 102 Å². The standard InChI is InChI=1S/C10H13BrN4O/c11-5-6-16-9-4-2-1-3-8(9)7-14-15-10(12)13/h1-4,7H,5-6H2,(H4,12,13,15). The molecule has 86 valence electrons. The molecular weight excluding hydrogens is 272 g/mol. The fourth-order valence-corrected chi connectivity index (χ4v) is 1.19. The Morgan fingerprint density at radius 2 is 2.12 bits per heavy atom. The maximum atomic E-state index is 5.49. The molecule has 0 unspecified atom stereocenters. The van der Waals surface area contributed by atoms with Gasteiger partial charge in [0.15, 0.2) is 0 Å². The van der Waals surface area contributed by atoms with Gasteiger partial charge in [0.2, 0.25) is 5.96 Å². The first-order chi connectivity index (χ1) is 7.74. The van der Waals surface area contributed by atoms with Gasteiger partial charge in [-0.05, 0) is 12.1 Å². The van der Waals surface area contributed by atoms with Gasteiger partial charge in [-0.15, -0.1) is 5.10 Å². The number of nitrogens with zero attached hydrogens (tertiary/aromatic N) is 2. The van der Waals surface area contributed by atoms with E-state index in [1.54, 1.807) is 6.21 Å². The van der Waals surface area contributed by atoms with Crippen LogP contribution in [0.4, 0.5) is 0 Å². The lowest BCUT2D eigenvalue weighted by molar-refractivity contribution is 0.344. The summed E-state index contributed by atoms with van der Waals surface area (Å²) in [4.78, 5) is 0. The molecule has 0 spiro atoms. The van der Waals surface area contributed by atoms with Gasteiger partial charge in [0.05, 0.1) is 12.8 Å². The molecule has 0 bridgehead atoms. The minimum Gasteiger partial charge on any atom is -0.492 e. The lowest BCUT2D eigenvalue weighted by atomic mass is 10.2. The maximum Gasteiger partial charge on any atom is 0.211 e. The maximum absolute atomic E-state index is 5.49. The molecule has 0 aromatic heterocycles. The number of nitrogens with two attached hydrogens (primary N) is 2. The van der Waals surface area contributed by atoms with E-state index in [2.05, 4.69) is 26.1 Å². The fraction of sp³-hybridized carbons (Fsp3) is 0.200. The van der Waals surface area contributed by atoms with E-state index in [9.17, 15) is 0 Å². The van der Waals surface area contributed by atoms with Crippen LogP contribution in [0.3, 0.4) is 0 Å². The minimum atomic E-state index is -0.0740. The molecule has 0 aliphatic carbocycles. The zero-order valence-corrected chi connectivity index (χ0v) is 10.2. The molecule has 0 aliphatic heterocycles. The second kappa shape index (κ2) is 6.84. The van der Waals surface area contributed by atoms with E-state index in [0.717, 1.165) is 16.6 Å². The molecule has 0 saturated carbocycles. The van der Waals surface area contributed by atoms with Crippen LogP contribution < -0.4 is 16.2 Å². The summed E-state index contributed by atoms with van der Waals surface area (Å²) in [6, 6.07) is 7.51. The average molecular weight is 285 g/mol. The molecule has 1 rings (SSSR count). The number of rotatable bonds is 5. The summed E-state index contributed by atoms with van der Waals surface area (Å²) >= 11 is 3.29. The summed E-state index contributed by atoms with van der Waals surface area (Å²) in [5.41, 5.74) is 11.1. The highest BCUT2D eigenvalue weighted by molar-refractivity contribution is 9.09. The van der Waals surface area contributed by atoms with E-state index in [4.69, 9.17) is 16.2 Å². The van der Waals surface area contributed by atoms with Crippen molar-refractivity contribution in [2.75, 3.05) is 11.9 Å². The van der Waals surface area contributed by atoms with Crippen molar-refractivity contribution in [2.24, 2.45) is 21.7 Å². The van der Waals surface area contributed by atoms with Gasteiger partial charge in [0.25, 0.3) is 0 Å². The number of hydrogen-bond donors (Lipinski definition) is 2. The highest BCUT2D eigenvalue weighted by atomic mass is 79.9. The molecule has 0 atom stereocenters. The first-order valence-corrected chi connectivity index (χ1v) is 5.76. The summed E-state index contributed by atoms with van der Waals surface area (Å²) < 4.78 is 5.49. The Kier molecular flexibility index (Phi) is 5.35. The lowest BCUT2D eigenvalue weighted by Gasteiger charge is -2.06. The van der Waals surface area contributed by atoms with Crippen molar-refractivity contribution < 1.29 is 4.74 Å². The Bertz CT molecular complexity index is 388. The number of hydrogen-bond acceptors (Lipinski definition) is 3. The van der Waals surface area contributed by atoms with Gasteiger partial charge in [-0.3, -0.25) is 0 Å². The van der Waals surface area contributed by atoms with Crippen molar-refractivity contribution >= 4 is 28.1 Å². The van der Waals surface area contributed by atoms with Crippen LogP contribution in [0.1, 0.15) is 5.56 Å². The number of guanidine groups is 1. The van der Waals surface area contributed by atoms with Crippen LogP contribution in [0.5, 0.6) is 5.75 Å². The summed E-state index contributed by atoms with van der Waals surface area (Å²) in [5.74, 6) is 0.673. The highest BCUT2D eigenvalue weighted by Gasteiger charge is 1.99. The minimum absolute atomic E-state index is 0.0740. The first kappa shape index (κ1) is 12.5. The summed E-state index contributed by atoms with van der Waals surface area (Å²) in [6.45, 7) is 0.590. The van der Waals surface area contributed by atoms with Gasteiger partial charge < -0.3 is 16.2 Å². The van der Waals surface area contributed by atoms with Crippen molar-refractivity contribution in [3.8, 4) is 5.75 Å². The Balaban J connectivity index is 2.78. The molecule has 0 radical (unpaired) electrons. The fourth-order valence-electron chi connectivity index (χ4n) is 1.02. The monoisotopic (exact) mass is 284 g/mol. The molecular formula is C10H13BrN4O. The summed E-state index contributed by atoms with van der Waals surface area (Å²) in [7, 11) is 0. The Morgan fingerprint density at radius 1 is 1.38 bits per heavy atom. The molecule has 0 saturated heterocycles. The molecule has 1 aromatic carbocycles. The van der Waals surface area contributed by atoms with Crippen LogP contribution in [0, 0.1) is 0 Å². The average Bonchev–Trinajstić information content (AvgIpc) is 2.27. The summed E-state index contributed by atoms with van der Waals surface area (Å²) in [5, 5.41) is 8.02. The molecule has 0 fully saturated rings. The number of ether oxygens (including phenoxy) is 1. The van der Waals surface area contributed by atoms with E-state index in [-0.39, 0.29) is 5.96 Å². The van der Waals surface area contributed by atoms with Crippen molar-refractivity contribution in [1.82, 2.24) is 0 Å². The molecule has 0 heterocycles. The third-order valence-corrected chi connectivity index (χ3v) is 1.95. The van der Waals surface area contributed by atoms with Gasteiger partial charge in [0.1, 0.15) is 5.75 Å². The zero-order chi connectivity index (χ0) is 11.8. The van der Waals surface area contributed by atoms with E-state index in [1.807, 2.05) is 24.3 Å². The van der Waals surface area contributed by atoms with Crippen LogP contribution in [-0.2, 0) is 0 Å². The molecule has 0 aliphatic rings. The van der Waals surface area contributed by atoms with E-state index in [0.29, 0.717) is 6.61 Å². The van der Waals surface area contributed by atoms with Crippen molar-refractivity contribution in [3.63, 3.8) is 0 Å². The van der Waals surface area contributed by atoms with E-state index >= 15 is 0 Å². The zero-order valence-electron chi connectivity index (χ0n) is 8.64. The number of para-hydroxylation sites is 1. The first-order valence-electron chi connectivity index (χ1n) is 4.64. The van der Waals surface area contributed by atoms with Crippen molar-refractivity contribution in [3.05, 3.63) is 29.8 Å². The topological polar surface area (TPSA) is 86.0 Å². The Morgan fingerprint density at radius 3 is 2.81 bits per heavy atom. The molecule has 0 amide bonds. The van der Waals surface area contributed by atoms with Gasteiger partial charge in [-0.2, -0.15) is 5.10 Å². The van der Waals surface area contributed by atoms with Crippen LogP contribution in [-0.4, -0.2) is 24.1 Å². The number of alkyl halides is 1. The molecule has 6 heteroatoms. The second-order valence-corrected chi connectivity index (χ2v) is 3.64. The second-order valence-electron chi connectivity index (χ2n) is 2.84. The highest BCUT2D eigenvalue weighted by Crippen LogP contribution is 2.15. The predicted octanol–water partition coefficient (Wildman–Crippen LogP) is 1.07. The third kappa shape index (κ3) is 4.31. The molecule has 4 N–H and O–H groups in total. The van der Waals surface area contributed by atoms with Crippen LogP contribution in [0.25, 0.3) is 0 Å². The lowest BCUT2D eigenvalue weighted by Crippen LogP contribution is -2.21. The van der Waals surface area contributed by atoms with Crippen LogP contribution in [0.15, 0.2) is 34.5 Å². The van der Waals surface area contributed by atoms with Gasteiger partial charge in [-0.1, -0.05) is 28.1 Å². The van der Waals surface area contributed by atoms with Crippen molar-refractivity contribution in [2.45, 2.75) is 0 Å². The molecule has 1 aromatic rings. The Hall–Kier alpha value is -1.56. The van der Waals surface area contributed by atoms with Gasteiger partial charge in [0, 0.05) is 10.9 Å². The number of halogens is 1. The largest absolute Gasteiger partial charge is 0.492 e. The normalized spacial score (nSPS) is 10.3. The van der Waals surface area contributed by atoms with E-state index in [1.165, 1.54) is 0 Å². The molecule has 16 heavy (non-hydrogen) atoms. The summed E-state index contributed by atoms with van der Waals surface area (Å²) in [6.07, 6.45) is 1.54. The van der Waals surface area contributed by atoms with Gasteiger partial charge in [-0.25, -0.2) is 0 Å². The van der Waals surface area contributed by atoms with Gasteiger partial charge >= 0.3 is 0 Å². The third-order valence-electron chi connectivity index (χ3n) is 1.62. The van der Waals surface area contributed by atoms with E-state index < -0.39 is 0 Å². The quantitative estimate of drug-likeness (QED) is 0.367.